The van der Waals surface area contributed by atoms with Gasteiger partial charge in [0.2, 0.25) is 5.92 Å². The van der Waals surface area contributed by atoms with Crippen LogP contribution in [0.25, 0.3) is 10.2 Å². The Morgan fingerprint density at radius 3 is 2.92 bits per heavy atom. The van der Waals surface area contributed by atoms with Gasteiger partial charge in [0.05, 0.1) is 5.39 Å². The molecule has 0 radical (unpaired) electrons. The number of nitrogens with zero attached hydrogens (tertiary/aromatic N) is 3. The van der Waals surface area contributed by atoms with Crippen molar-refractivity contribution in [2.45, 2.75) is 32.1 Å². The quantitative estimate of drug-likeness (QED) is 0.892. The number of fused-ring (bicyclic) bond motifs is 1. The van der Waals surface area contributed by atoms with Crippen molar-refractivity contribution in [3.8, 4) is 0 Å². The summed E-state index contributed by atoms with van der Waals surface area (Å²) in [7, 11) is 0. The third-order valence-corrected chi connectivity index (χ3v) is 5.96. The van der Waals surface area contributed by atoms with Crippen LogP contribution in [0.1, 0.15) is 24.6 Å². The van der Waals surface area contributed by atoms with Crippen LogP contribution >= 0.6 is 23.7 Å². The van der Waals surface area contributed by atoms with Gasteiger partial charge in [-0.05, 0) is 32.4 Å². The highest BCUT2D eigenvalue weighted by atomic mass is 35.5. The summed E-state index contributed by atoms with van der Waals surface area (Å²) in [6, 6.07) is 1.85. The molecule has 2 aliphatic heterocycles. The van der Waals surface area contributed by atoms with Crippen molar-refractivity contribution in [2.75, 3.05) is 31.1 Å². The Bertz CT molecular complexity index is 724. The van der Waals surface area contributed by atoms with E-state index in [1.807, 2.05) is 6.07 Å². The summed E-state index contributed by atoms with van der Waals surface area (Å²) >= 11 is 1.35. The second-order valence-corrected chi connectivity index (χ2v) is 8.09. The van der Waals surface area contributed by atoms with E-state index >= 15 is 0 Å². The molecule has 8 heteroatoms. The Labute approximate surface area is 150 Å². The number of rotatable bonds is 3. The number of halogens is 3. The van der Waals surface area contributed by atoms with Crippen molar-refractivity contribution in [1.82, 2.24) is 15.3 Å². The van der Waals surface area contributed by atoms with Crippen molar-refractivity contribution < 1.29 is 8.78 Å². The number of anilines is 1. The number of thiophene rings is 1. The highest BCUT2D eigenvalue weighted by Gasteiger charge is 2.41. The Balaban J connectivity index is 0.00000169. The highest BCUT2D eigenvalue weighted by molar-refractivity contribution is 7.18. The molecule has 24 heavy (non-hydrogen) atoms. The average molecular weight is 375 g/mol. The molecule has 0 aliphatic carbocycles. The lowest BCUT2D eigenvalue weighted by atomic mass is 9.87. The summed E-state index contributed by atoms with van der Waals surface area (Å²) in [5.74, 6) is -1.79. The Morgan fingerprint density at radius 1 is 1.38 bits per heavy atom. The second kappa shape index (κ2) is 6.35. The van der Waals surface area contributed by atoms with Gasteiger partial charge in [0.25, 0.3) is 0 Å². The molecule has 2 aliphatic rings. The minimum absolute atomic E-state index is 0. The molecule has 1 spiro atoms. The van der Waals surface area contributed by atoms with Crippen molar-refractivity contribution in [3.05, 3.63) is 17.3 Å². The van der Waals surface area contributed by atoms with Crippen LogP contribution in [0.4, 0.5) is 14.6 Å². The summed E-state index contributed by atoms with van der Waals surface area (Å²) in [5, 5.41) is 4.37. The van der Waals surface area contributed by atoms with Gasteiger partial charge in [-0.2, -0.15) is 0 Å². The minimum atomic E-state index is -2.69. The minimum Gasteiger partial charge on any atom is -0.355 e. The molecule has 4 rings (SSSR count). The van der Waals surface area contributed by atoms with Crippen LogP contribution in [-0.4, -0.2) is 42.1 Å². The summed E-state index contributed by atoms with van der Waals surface area (Å²) in [6.07, 6.45) is 3.69. The first-order chi connectivity index (χ1) is 10.9. The Morgan fingerprint density at radius 2 is 2.21 bits per heavy atom. The van der Waals surface area contributed by atoms with Crippen LogP contribution < -0.4 is 10.2 Å². The molecule has 2 aromatic heterocycles. The molecular weight excluding hydrogens is 354 g/mol. The molecule has 2 fully saturated rings. The maximum absolute atomic E-state index is 13.3. The van der Waals surface area contributed by atoms with Gasteiger partial charge in [-0.15, -0.1) is 23.7 Å². The van der Waals surface area contributed by atoms with Crippen molar-refractivity contribution in [2.24, 2.45) is 5.41 Å². The molecule has 0 bridgehead atoms. The van der Waals surface area contributed by atoms with E-state index < -0.39 is 5.92 Å². The summed E-state index contributed by atoms with van der Waals surface area (Å²) in [6.45, 7) is 5.07. The van der Waals surface area contributed by atoms with Crippen molar-refractivity contribution in [3.63, 3.8) is 0 Å². The molecule has 0 saturated carbocycles. The SMILES string of the molecule is CC(F)(F)Cc1cc2c(N3CCC4(CCNC4)C3)ncnc2s1.Cl. The zero-order valence-electron chi connectivity index (χ0n) is 13.5. The van der Waals surface area contributed by atoms with E-state index in [2.05, 4.69) is 20.2 Å². The van der Waals surface area contributed by atoms with Crippen LogP contribution in [-0.2, 0) is 6.42 Å². The van der Waals surface area contributed by atoms with Gasteiger partial charge in [0.1, 0.15) is 17.0 Å². The first kappa shape index (κ1) is 17.8. The molecule has 2 aromatic rings. The van der Waals surface area contributed by atoms with Crippen LogP contribution in [0, 0.1) is 5.41 Å². The second-order valence-electron chi connectivity index (χ2n) is 6.97. The molecule has 0 aromatic carbocycles. The molecule has 1 atom stereocenters. The van der Waals surface area contributed by atoms with Crippen LogP contribution in [0.15, 0.2) is 12.4 Å². The molecule has 4 heterocycles. The molecule has 0 amide bonds. The number of alkyl halides is 2. The highest BCUT2D eigenvalue weighted by Crippen LogP contribution is 2.40. The fraction of sp³-hybridized carbons (Fsp3) is 0.625. The summed E-state index contributed by atoms with van der Waals surface area (Å²) in [4.78, 5) is 12.5. The van der Waals surface area contributed by atoms with Crippen LogP contribution in [0.3, 0.4) is 0 Å². The Hall–Kier alpha value is -1.05. The zero-order chi connectivity index (χ0) is 16.1. The van der Waals surface area contributed by atoms with Crippen molar-refractivity contribution >= 4 is 39.8 Å². The number of aromatic nitrogens is 2. The molecule has 4 nitrogen and oxygen atoms in total. The lowest BCUT2D eigenvalue weighted by molar-refractivity contribution is 0.0235. The van der Waals surface area contributed by atoms with Gasteiger partial charge < -0.3 is 10.2 Å². The molecule has 2 saturated heterocycles. The predicted octanol–water partition coefficient (Wildman–Crippen LogP) is 3.50. The topological polar surface area (TPSA) is 41.0 Å². The van der Waals surface area contributed by atoms with E-state index in [0.717, 1.165) is 55.6 Å². The van der Waals surface area contributed by atoms with Gasteiger partial charge in [-0.3, -0.25) is 0 Å². The summed E-state index contributed by atoms with van der Waals surface area (Å²) in [5.41, 5.74) is 0.354. The van der Waals surface area contributed by atoms with E-state index in [1.54, 1.807) is 6.33 Å². The first-order valence-electron chi connectivity index (χ1n) is 8.01. The van der Waals surface area contributed by atoms with Gasteiger partial charge in [-0.1, -0.05) is 0 Å². The Kier molecular flexibility index (Phi) is 4.70. The molecular formula is C16H21ClF2N4S. The van der Waals surface area contributed by atoms with E-state index in [-0.39, 0.29) is 18.8 Å². The summed E-state index contributed by atoms with van der Waals surface area (Å²) < 4.78 is 26.6. The number of hydrogen-bond donors (Lipinski definition) is 1. The van der Waals surface area contributed by atoms with E-state index in [4.69, 9.17) is 0 Å². The van der Waals surface area contributed by atoms with Gasteiger partial charge in [-0.25, -0.2) is 18.7 Å². The van der Waals surface area contributed by atoms with Gasteiger partial charge in [0, 0.05) is 36.3 Å². The van der Waals surface area contributed by atoms with E-state index in [0.29, 0.717) is 10.3 Å². The van der Waals surface area contributed by atoms with Crippen LogP contribution in [0.2, 0.25) is 0 Å². The number of nitrogens with one attached hydrogen (secondary N) is 1. The molecule has 1 unspecified atom stereocenters. The lowest BCUT2D eigenvalue weighted by Gasteiger charge is -2.23. The monoisotopic (exact) mass is 374 g/mol. The third-order valence-electron chi connectivity index (χ3n) is 4.91. The maximum atomic E-state index is 13.3. The number of hydrogen-bond acceptors (Lipinski definition) is 5. The third kappa shape index (κ3) is 3.34. The van der Waals surface area contributed by atoms with Crippen molar-refractivity contribution in [1.29, 1.82) is 0 Å². The van der Waals surface area contributed by atoms with Crippen LogP contribution in [0.5, 0.6) is 0 Å². The van der Waals surface area contributed by atoms with E-state index in [9.17, 15) is 8.78 Å². The lowest BCUT2D eigenvalue weighted by Crippen LogP contribution is -2.29. The predicted molar refractivity (Wildman–Crippen MR) is 95.7 cm³/mol. The maximum Gasteiger partial charge on any atom is 0.250 e. The fourth-order valence-corrected chi connectivity index (χ4v) is 4.91. The van der Waals surface area contributed by atoms with Gasteiger partial charge >= 0.3 is 0 Å². The largest absolute Gasteiger partial charge is 0.355 e. The standard InChI is InChI=1S/C16H20F2N4S.ClH/c1-15(17,18)7-11-6-12-13(20-10-21-14(12)23-11)22-5-3-16(9-22)2-4-19-8-16;/h6,10,19H,2-5,7-9H2,1H3;1H. The first-order valence-corrected chi connectivity index (χ1v) is 8.83. The van der Waals surface area contributed by atoms with Gasteiger partial charge in [0.15, 0.2) is 0 Å². The zero-order valence-corrected chi connectivity index (χ0v) is 15.2. The average Bonchev–Trinajstić information content (AvgIpc) is 3.17. The van der Waals surface area contributed by atoms with E-state index in [1.165, 1.54) is 17.8 Å². The molecule has 1 N–H and O–H groups in total. The fourth-order valence-electron chi connectivity index (χ4n) is 3.80. The molecule has 132 valence electrons. The smallest absolute Gasteiger partial charge is 0.250 e. The normalized spacial score (nSPS) is 24.0.